The van der Waals surface area contributed by atoms with Crippen molar-refractivity contribution in [1.82, 2.24) is 9.88 Å². The van der Waals surface area contributed by atoms with Crippen LogP contribution in [0.2, 0.25) is 0 Å². The zero-order valence-corrected chi connectivity index (χ0v) is 19.2. The monoisotopic (exact) mass is 435 g/mol. The fourth-order valence-electron chi connectivity index (χ4n) is 5.12. The van der Waals surface area contributed by atoms with E-state index in [1.807, 2.05) is 61.1 Å². The summed E-state index contributed by atoms with van der Waals surface area (Å²) in [6.07, 6.45) is 5.57. The van der Waals surface area contributed by atoms with Crippen molar-refractivity contribution in [3.8, 4) is 0 Å². The molecule has 0 bridgehead atoms. The summed E-state index contributed by atoms with van der Waals surface area (Å²) in [5, 5.41) is 6.41. The van der Waals surface area contributed by atoms with Gasteiger partial charge in [0, 0.05) is 17.1 Å². The first-order valence-electron chi connectivity index (χ1n) is 11.2. The number of aryl methyl sites for hydroxylation is 2. The molecule has 1 aromatic carbocycles. The Morgan fingerprint density at radius 3 is 2.68 bits per heavy atom. The van der Waals surface area contributed by atoms with Gasteiger partial charge in [0.1, 0.15) is 16.1 Å². The van der Waals surface area contributed by atoms with Crippen LogP contribution >= 0.6 is 11.3 Å². The fourth-order valence-corrected chi connectivity index (χ4v) is 6.02. The topological polar surface area (TPSA) is 54.3 Å². The molecule has 1 atom stereocenters. The van der Waals surface area contributed by atoms with Gasteiger partial charge in [-0.25, -0.2) is 0 Å². The molecule has 1 aliphatic heterocycles. The van der Waals surface area contributed by atoms with Crippen LogP contribution in [0.3, 0.4) is 0 Å². The molecule has 2 aliphatic rings. The minimum Gasteiger partial charge on any atom is -0.351 e. The molecule has 3 aromatic rings. The lowest BCUT2D eigenvalue weighted by Gasteiger charge is -2.45. The number of hydrogen-bond acceptors (Lipinski definition) is 3. The van der Waals surface area contributed by atoms with E-state index in [1.165, 1.54) is 6.42 Å². The van der Waals surface area contributed by atoms with E-state index in [2.05, 4.69) is 5.32 Å². The van der Waals surface area contributed by atoms with Crippen LogP contribution in [0.4, 0.5) is 5.69 Å². The zero-order chi connectivity index (χ0) is 21.8. The van der Waals surface area contributed by atoms with E-state index in [9.17, 15) is 9.59 Å². The largest absolute Gasteiger partial charge is 0.351 e. The third-order valence-corrected chi connectivity index (χ3v) is 7.87. The number of carbonyl (C=O) groups excluding carboxylic acids is 2. The third kappa shape index (κ3) is 3.28. The Morgan fingerprint density at radius 1 is 1.13 bits per heavy atom. The quantitative estimate of drug-likeness (QED) is 0.616. The van der Waals surface area contributed by atoms with Crippen molar-refractivity contribution in [2.75, 3.05) is 4.90 Å². The van der Waals surface area contributed by atoms with Crippen LogP contribution in [-0.2, 0) is 11.3 Å². The Bertz CT molecular complexity index is 1170. The van der Waals surface area contributed by atoms with Crippen molar-refractivity contribution in [3.63, 3.8) is 0 Å². The standard InChI is InChI=1S/C25H29N3O2S/c1-16-9-10-17(2)20(13-16)28-22(29)21-14-18-11-12-31-23(18)27(21)15-25(28,3)24(30)26-19-7-5-4-6-8-19/h9-14,19H,4-8,15H2,1-3H3,(H,26,30)/t25-/m1/s1. The molecule has 2 aromatic heterocycles. The molecular weight excluding hydrogens is 406 g/mol. The maximum atomic E-state index is 13.9. The minimum absolute atomic E-state index is 0.0577. The molecule has 2 amide bonds. The van der Waals surface area contributed by atoms with Crippen molar-refractivity contribution in [2.45, 2.75) is 71.0 Å². The van der Waals surface area contributed by atoms with Gasteiger partial charge in [-0.3, -0.25) is 14.5 Å². The molecule has 1 saturated carbocycles. The van der Waals surface area contributed by atoms with Gasteiger partial charge in [-0.15, -0.1) is 11.3 Å². The minimum atomic E-state index is -1.00. The summed E-state index contributed by atoms with van der Waals surface area (Å²) < 4.78 is 2.05. The number of nitrogens with zero attached hydrogens (tertiary/aromatic N) is 2. The van der Waals surface area contributed by atoms with E-state index in [0.29, 0.717) is 12.2 Å². The van der Waals surface area contributed by atoms with E-state index in [0.717, 1.165) is 52.7 Å². The maximum Gasteiger partial charge on any atom is 0.275 e. The summed E-state index contributed by atoms with van der Waals surface area (Å²) in [5.41, 5.74) is 2.55. The number of amides is 2. The second kappa shape index (κ2) is 7.52. The molecule has 1 aliphatic carbocycles. The van der Waals surface area contributed by atoms with Crippen LogP contribution in [-0.4, -0.2) is 28.0 Å². The molecule has 0 spiro atoms. The Balaban J connectivity index is 1.63. The van der Waals surface area contributed by atoms with Gasteiger partial charge in [-0.05, 0) is 68.3 Å². The number of rotatable bonds is 3. The van der Waals surface area contributed by atoms with Gasteiger partial charge in [0.2, 0.25) is 5.91 Å². The Hall–Kier alpha value is -2.60. The van der Waals surface area contributed by atoms with Gasteiger partial charge in [-0.1, -0.05) is 31.4 Å². The van der Waals surface area contributed by atoms with Gasteiger partial charge in [-0.2, -0.15) is 0 Å². The molecule has 0 unspecified atom stereocenters. The Morgan fingerprint density at radius 2 is 1.90 bits per heavy atom. The first-order chi connectivity index (χ1) is 14.9. The van der Waals surface area contributed by atoms with E-state index < -0.39 is 5.54 Å². The second-order valence-corrected chi connectivity index (χ2v) is 10.2. The second-order valence-electron chi connectivity index (χ2n) is 9.31. The molecule has 31 heavy (non-hydrogen) atoms. The maximum absolute atomic E-state index is 13.9. The molecule has 0 radical (unpaired) electrons. The number of aromatic nitrogens is 1. The molecule has 1 fully saturated rings. The molecule has 0 saturated heterocycles. The van der Waals surface area contributed by atoms with Gasteiger partial charge >= 0.3 is 0 Å². The SMILES string of the molecule is Cc1ccc(C)c(N2C(=O)c3cc4ccsc4n3C[C@]2(C)C(=O)NC2CCCCC2)c1. The fraction of sp³-hybridized carbons (Fsp3) is 0.440. The summed E-state index contributed by atoms with van der Waals surface area (Å²) in [5.74, 6) is -0.164. The number of nitrogens with one attached hydrogen (secondary N) is 1. The average Bonchev–Trinajstić information content (AvgIpc) is 3.34. The van der Waals surface area contributed by atoms with Crippen molar-refractivity contribution in [3.05, 3.63) is 52.5 Å². The number of benzene rings is 1. The van der Waals surface area contributed by atoms with Crippen LogP contribution in [0.1, 0.15) is 60.6 Å². The first kappa shape index (κ1) is 20.3. The highest BCUT2D eigenvalue weighted by Gasteiger charge is 2.49. The molecule has 162 valence electrons. The molecule has 6 heteroatoms. The third-order valence-electron chi connectivity index (χ3n) is 6.92. The number of fused-ring (bicyclic) bond motifs is 3. The van der Waals surface area contributed by atoms with Crippen LogP contribution in [0.5, 0.6) is 0 Å². The summed E-state index contributed by atoms with van der Waals surface area (Å²) in [6.45, 7) is 6.40. The normalized spacial score (nSPS) is 22.0. The van der Waals surface area contributed by atoms with E-state index in [4.69, 9.17) is 0 Å². The van der Waals surface area contributed by atoms with Gasteiger partial charge in [0.05, 0.1) is 6.54 Å². The Kier molecular flexibility index (Phi) is 4.93. The zero-order valence-electron chi connectivity index (χ0n) is 18.4. The van der Waals surface area contributed by atoms with Crippen molar-refractivity contribution >= 4 is 39.1 Å². The molecule has 5 rings (SSSR count). The molecular formula is C25H29N3O2S. The average molecular weight is 436 g/mol. The lowest BCUT2D eigenvalue weighted by Crippen LogP contribution is -2.65. The lowest BCUT2D eigenvalue weighted by molar-refractivity contribution is -0.127. The van der Waals surface area contributed by atoms with Crippen molar-refractivity contribution < 1.29 is 9.59 Å². The van der Waals surface area contributed by atoms with Crippen LogP contribution < -0.4 is 10.2 Å². The van der Waals surface area contributed by atoms with E-state index in [1.54, 1.807) is 16.2 Å². The highest BCUT2D eigenvalue weighted by Crippen LogP contribution is 2.39. The smallest absolute Gasteiger partial charge is 0.275 e. The summed E-state index contributed by atoms with van der Waals surface area (Å²) in [7, 11) is 0. The van der Waals surface area contributed by atoms with E-state index >= 15 is 0 Å². The highest BCUT2D eigenvalue weighted by atomic mass is 32.1. The highest BCUT2D eigenvalue weighted by molar-refractivity contribution is 7.16. The van der Waals surface area contributed by atoms with Crippen LogP contribution in [0.25, 0.3) is 10.2 Å². The first-order valence-corrected chi connectivity index (χ1v) is 12.1. The number of thiophene rings is 1. The van der Waals surface area contributed by atoms with Crippen molar-refractivity contribution in [2.24, 2.45) is 0 Å². The molecule has 1 N–H and O–H groups in total. The predicted molar refractivity (Wildman–Crippen MR) is 126 cm³/mol. The molecule has 5 nitrogen and oxygen atoms in total. The number of hydrogen-bond donors (Lipinski definition) is 1. The van der Waals surface area contributed by atoms with Gasteiger partial charge in [0.25, 0.3) is 5.91 Å². The summed E-state index contributed by atoms with van der Waals surface area (Å²) in [6, 6.07) is 10.3. The Labute approximate surface area is 187 Å². The lowest BCUT2D eigenvalue weighted by atomic mass is 9.90. The van der Waals surface area contributed by atoms with Gasteiger partial charge < -0.3 is 9.88 Å². The summed E-state index contributed by atoms with van der Waals surface area (Å²) >= 11 is 1.62. The summed E-state index contributed by atoms with van der Waals surface area (Å²) in [4.78, 5) is 30.5. The predicted octanol–water partition coefficient (Wildman–Crippen LogP) is 5.19. The number of anilines is 1. The van der Waals surface area contributed by atoms with Gasteiger partial charge in [0.15, 0.2) is 0 Å². The van der Waals surface area contributed by atoms with Crippen molar-refractivity contribution in [1.29, 1.82) is 0 Å². The van der Waals surface area contributed by atoms with E-state index in [-0.39, 0.29) is 17.9 Å². The molecule has 3 heterocycles. The number of carbonyl (C=O) groups is 2. The van der Waals surface area contributed by atoms with Crippen LogP contribution in [0, 0.1) is 13.8 Å². The van der Waals surface area contributed by atoms with Crippen LogP contribution in [0.15, 0.2) is 35.7 Å².